The third-order valence-corrected chi connectivity index (χ3v) is 6.90. The second-order valence-corrected chi connectivity index (χ2v) is 10.9. The van der Waals surface area contributed by atoms with Gasteiger partial charge in [0.05, 0.1) is 34.9 Å². The van der Waals surface area contributed by atoms with Gasteiger partial charge >= 0.3 is 0 Å². The fraction of sp³-hybridized carbons (Fsp3) is 0.357. The minimum Gasteiger partial charge on any atom is -0.349 e. The SMILES string of the molecule is Cc1cn2c3c4c(cc(CC(C)(C)C)c13)N(C(C)C)CN4c1cc3ccccc3cc1-2. The monoisotopic (exact) mass is 409 g/mol. The van der Waals surface area contributed by atoms with Crippen LogP contribution in [0.3, 0.4) is 0 Å². The van der Waals surface area contributed by atoms with Crippen LogP contribution in [-0.2, 0) is 6.42 Å². The number of rotatable bonds is 2. The minimum atomic E-state index is 0.245. The topological polar surface area (TPSA) is 11.4 Å². The first kappa shape index (κ1) is 18.8. The summed E-state index contributed by atoms with van der Waals surface area (Å²) in [5.41, 5.74) is 9.88. The molecule has 2 aliphatic rings. The summed E-state index contributed by atoms with van der Waals surface area (Å²) in [4.78, 5) is 5.12. The van der Waals surface area contributed by atoms with E-state index < -0.39 is 0 Å². The van der Waals surface area contributed by atoms with E-state index in [0.717, 1.165) is 13.1 Å². The van der Waals surface area contributed by atoms with E-state index in [1.807, 2.05) is 0 Å². The summed E-state index contributed by atoms with van der Waals surface area (Å²) in [7, 11) is 0. The van der Waals surface area contributed by atoms with Gasteiger partial charge < -0.3 is 14.4 Å². The van der Waals surface area contributed by atoms with Crippen LogP contribution < -0.4 is 9.80 Å². The van der Waals surface area contributed by atoms with Crippen molar-refractivity contribution in [2.75, 3.05) is 16.5 Å². The van der Waals surface area contributed by atoms with E-state index in [0.29, 0.717) is 6.04 Å². The van der Waals surface area contributed by atoms with Crippen LogP contribution >= 0.6 is 0 Å². The van der Waals surface area contributed by atoms with Crippen molar-refractivity contribution in [2.45, 2.75) is 54.0 Å². The van der Waals surface area contributed by atoms with Crippen molar-refractivity contribution in [2.24, 2.45) is 5.41 Å². The van der Waals surface area contributed by atoms with Crippen LogP contribution in [0.25, 0.3) is 27.4 Å². The highest BCUT2D eigenvalue weighted by atomic mass is 15.4. The summed E-state index contributed by atoms with van der Waals surface area (Å²) in [5, 5.41) is 4.05. The number of aromatic nitrogens is 1. The third kappa shape index (κ3) is 2.59. The molecule has 0 amide bonds. The van der Waals surface area contributed by atoms with Crippen molar-refractivity contribution in [3.8, 4) is 5.69 Å². The molecule has 0 spiro atoms. The van der Waals surface area contributed by atoms with Gasteiger partial charge in [0.1, 0.15) is 0 Å². The Morgan fingerprint density at radius 3 is 2.26 bits per heavy atom. The van der Waals surface area contributed by atoms with Crippen molar-refractivity contribution in [1.29, 1.82) is 0 Å². The first-order valence-electron chi connectivity index (χ1n) is 11.5. The Balaban J connectivity index is 1.74. The van der Waals surface area contributed by atoms with Crippen LogP contribution in [0.4, 0.5) is 17.1 Å². The quantitative estimate of drug-likeness (QED) is 0.344. The van der Waals surface area contributed by atoms with Gasteiger partial charge in [0.25, 0.3) is 0 Å². The van der Waals surface area contributed by atoms with Gasteiger partial charge in [0, 0.05) is 17.6 Å². The Hall–Kier alpha value is -2.94. The lowest BCUT2D eigenvalue weighted by molar-refractivity contribution is 0.412. The van der Waals surface area contributed by atoms with Crippen LogP contribution in [-0.4, -0.2) is 17.3 Å². The first-order valence-corrected chi connectivity index (χ1v) is 11.5. The second-order valence-electron chi connectivity index (χ2n) is 10.9. The summed E-state index contributed by atoms with van der Waals surface area (Å²) >= 11 is 0. The van der Waals surface area contributed by atoms with Crippen LogP contribution in [0.2, 0.25) is 0 Å². The van der Waals surface area contributed by atoms with Gasteiger partial charge in [-0.25, -0.2) is 0 Å². The van der Waals surface area contributed by atoms with Crippen molar-refractivity contribution in [3.63, 3.8) is 0 Å². The van der Waals surface area contributed by atoms with Crippen LogP contribution in [0, 0.1) is 12.3 Å². The molecule has 0 N–H and O–H groups in total. The second kappa shape index (κ2) is 6.06. The average Bonchev–Trinajstić information content (AvgIpc) is 3.24. The van der Waals surface area contributed by atoms with Gasteiger partial charge in [-0.05, 0) is 72.7 Å². The molecule has 3 heterocycles. The normalized spacial score (nSPS) is 14.9. The molecule has 3 heteroatoms. The lowest BCUT2D eigenvalue weighted by Crippen LogP contribution is -2.34. The summed E-state index contributed by atoms with van der Waals surface area (Å²) in [6, 6.07) is 16.4. The van der Waals surface area contributed by atoms with Crippen LogP contribution in [0.1, 0.15) is 45.7 Å². The molecule has 2 aliphatic heterocycles. The van der Waals surface area contributed by atoms with Crippen molar-refractivity contribution in [3.05, 3.63) is 59.8 Å². The van der Waals surface area contributed by atoms with Crippen molar-refractivity contribution >= 4 is 38.7 Å². The van der Waals surface area contributed by atoms with E-state index >= 15 is 0 Å². The van der Waals surface area contributed by atoms with E-state index in [2.05, 4.69) is 105 Å². The number of nitrogens with zero attached hydrogens (tertiary/aromatic N) is 3. The highest BCUT2D eigenvalue weighted by molar-refractivity contribution is 6.11. The Kier molecular flexibility index (Phi) is 3.68. The van der Waals surface area contributed by atoms with Gasteiger partial charge in [-0.2, -0.15) is 0 Å². The summed E-state index contributed by atoms with van der Waals surface area (Å²) in [6.45, 7) is 14.9. The molecule has 3 nitrogen and oxygen atoms in total. The predicted octanol–water partition coefficient (Wildman–Crippen LogP) is 7.32. The standard InChI is InChI=1S/C28H31N3/c1-17(2)30-16-31-23-12-20-10-8-7-9-19(20)11-22(23)29-15-18(3)25-21(14-28(4,5)6)13-24(30)26(31)27(25)29/h7-13,15,17H,14,16H2,1-6H3. The Bertz CT molecular complexity index is 1370. The Morgan fingerprint density at radius 2 is 1.61 bits per heavy atom. The molecule has 1 aromatic heterocycles. The van der Waals surface area contributed by atoms with E-state index in [1.165, 1.54) is 55.6 Å². The smallest absolute Gasteiger partial charge is 0.0957 e. The highest BCUT2D eigenvalue weighted by Crippen LogP contribution is 2.54. The van der Waals surface area contributed by atoms with Crippen molar-refractivity contribution in [1.82, 2.24) is 4.57 Å². The lowest BCUT2D eigenvalue weighted by atomic mass is 9.85. The molecule has 158 valence electrons. The molecule has 3 aromatic carbocycles. The molecule has 0 radical (unpaired) electrons. The molecule has 0 saturated carbocycles. The molecule has 0 saturated heterocycles. The minimum absolute atomic E-state index is 0.245. The molecule has 6 rings (SSSR count). The fourth-order valence-corrected chi connectivity index (χ4v) is 5.64. The highest BCUT2D eigenvalue weighted by Gasteiger charge is 2.38. The zero-order chi connectivity index (χ0) is 21.7. The van der Waals surface area contributed by atoms with Crippen LogP contribution in [0.5, 0.6) is 0 Å². The Labute approximate surface area is 184 Å². The van der Waals surface area contributed by atoms with E-state index in [-0.39, 0.29) is 5.41 Å². The van der Waals surface area contributed by atoms with E-state index in [1.54, 1.807) is 0 Å². The van der Waals surface area contributed by atoms with Gasteiger partial charge in [0.2, 0.25) is 0 Å². The first-order chi connectivity index (χ1) is 14.7. The number of benzene rings is 3. The van der Waals surface area contributed by atoms with E-state index in [4.69, 9.17) is 0 Å². The maximum absolute atomic E-state index is 2.57. The van der Waals surface area contributed by atoms with Gasteiger partial charge in [-0.1, -0.05) is 45.0 Å². The number of hydrogen-bond donors (Lipinski definition) is 0. The maximum atomic E-state index is 2.57. The molecule has 0 bridgehead atoms. The van der Waals surface area contributed by atoms with Gasteiger partial charge in [0.15, 0.2) is 0 Å². The van der Waals surface area contributed by atoms with Gasteiger partial charge in [-0.15, -0.1) is 0 Å². The maximum Gasteiger partial charge on any atom is 0.0957 e. The van der Waals surface area contributed by atoms with Crippen LogP contribution in [0.15, 0.2) is 48.7 Å². The average molecular weight is 410 g/mol. The number of anilines is 3. The lowest BCUT2D eigenvalue weighted by Gasteiger charge is -2.30. The third-order valence-electron chi connectivity index (χ3n) is 6.90. The molecule has 0 atom stereocenters. The molecule has 0 unspecified atom stereocenters. The molecule has 31 heavy (non-hydrogen) atoms. The largest absolute Gasteiger partial charge is 0.349 e. The number of hydrogen-bond acceptors (Lipinski definition) is 2. The molecule has 4 aromatic rings. The molecule has 0 fully saturated rings. The summed E-state index contributed by atoms with van der Waals surface area (Å²) in [6.07, 6.45) is 3.44. The number of fused-ring (bicyclic) bond motifs is 4. The molecular formula is C28H31N3. The summed E-state index contributed by atoms with van der Waals surface area (Å²) < 4.78 is 2.47. The molecular weight excluding hydrogens is 378 g/mol. The number of aryl methyl sites for hydroxylation is 1. The Morgan fingerprint density at radius 1 is 0.935 bits per heavy atom. The van der Waals surface area contributed by atoms with Gasteiger partial charge in [-0.3, -0.25) is 0 Å². The predicted molar refractivity (Wildman–Crippen MR) is 133 cm³/mol. The zero-order valence-corrected chi connectivity index (χ0v) is 19.5. The summed E-state index contributed by atoms with van der Waals surface area (Å²) in [5.74, 6) is 0. The van der Waals surface area contributed by atoms with Crippen molar-refractivity contribution < 1.29 is 0 Å². The van der Waals surface area contributed by atoms with E-state index in [9.17, 15) is 0 Å². The zero-order valence-electron chi connectivity index (χ0n) is 19.5. The fourth-order valence-electron chi connectivity index (χ4n) is 5.64. The molecule has 0 aliphatic carbocycles.